The van der Waals surface area contributed by atoms with E-state index in [4.69, 9.17) is 4.74 Å². The van der Waals surface area contributed by atoms with Gasteiger partial charge < -0.3 is 4.74 Å². The van der Waals surface area contributed by atoms with Gasteiger partial charge in [-0.1, -0.05) is 18.2 Å². The first-order valence-electron chi connectivity index (χ1n) is 4.82. The molecule has 0 unspecified atom stereocenters. The molecule has 0 radical (unpaired) electrons. The molecule has 74 valence electrons. The molecule has 1 spiro atoms. The summed E-state index contributed by atoms with van der Waals surface area (Å²) in [5, 5.41) is 0. The van der Waals surface area contributed by atoms with Gasteiger partial charge in [0, 0.05) is 6.08 Å². The zero-order chi connectivity index (χ0) is 10.2. The molecule has 0 N–H and O–H groups in total. The van der Waals surface area contributed by atoms with Crippen LogP contribution >= 0.6 is 0 Å². The molecule has 0 aliphatic heterocycles. The Morgan fingerprint density at radius 3 is 2.86 bits per heavy atom. The fraction of sp³-hybridized carbons (Fsp3) is 0.417. The molecular weight excluding hydrogens is 176 g/mol. The van der Waals surface area contributed by atoms with E-state index in [9.17, 15) is 4.79 Å². The van der Waals surface area contributed by atoms with Crippen LogP contribution in [0.2, 0.25) is 0 Å². The summed E-state index contributed by atoms with van der Waals surface area (Å²) >= 11 is 0. The lowest BCUT2D eigenvalue weighted by Crippen LogP contribution is -2.26. The second kappa shape index (κ2) is 3.12. The lowest BCUT2D eigenvalue weighted by Gasteiger charge is -2.24. The number of ketones is 1. The second-order valence-corrected chi connectivity index (χ2v) is 4.03. The molecule has 0 saturated heterocycles. The highest BCUT2D eigenvalue weighted by molar-refractivity contribution is 5.98. The van der Waals surface area contributed by atoms with E-state index in [-0.39, 0.29) is 11.2 Å². The maximum Gasteiger partial charge on any atom is 0.169 e. The van der Waals surface area contributed by atoms with E-state index < -0.39 is 0 Å². The minimum Gasteiger partial charge on any atom is -0.497 e. The Hall–Kier alpha value is -1.31. The minimum absolute atomic E-state index is 0.163. The Bertz CT molecular complexity index is 349. The Balaban J connectivity index is 2.26. The Labute approximate surface area is 83.9 Å². The SMILES string of the molecule is C=C1CC[C@]2(C=CC(OC)=CC2=O)C1. The van der Waals surface area contributed by atoms with Crippen LogP contribution in [-0.2, 0) is 9.53 Å². The van der Waals surface area contributed by atoms with E-state index in [0.717, 1.165) is 19.3 Å². The second-order valence-electron chi connectivity index (χ2n) is 4.03. The lowest BCUT2D eigenvalue weighted by atomic mass is 9.78. The van der Waals surface area contributed by atoms with Gasteiger partial charge in [0.2, 0.25) is 0 Å². The average Bonchev–Trinajstić information content (AvgIpc) is 2.54. The topological polar surface area (TPSA) is 26.3 Å². The van der Waals surface area contributed by atoms with Crippen molar-refractivity contribution >= 4 is 5.78 Å². The van der Waals surface area contributed by atoms with Crippen molar-refractivity contribution < 1.29 is 9.53 Å². The summed E-state index contributed by atoms with van der Waals surface area (Å²) < 4.78 is 5.02. The van der Waals surface area contributed by atoms with Gasteiger partial charge in [-0.15, -0.1) is 0 Å². The molecule has 2 heteroatoms. The molecule has 2 nitrogen and oxygen atoms in total. The third-order valence-electron chi connectivity index (χ3n) is 3.06. The maximum absolute atomic E-state index is 11.9. The molecule has 0 amide bonds. The van der Waals surface area contributed by atoms with Crippen molar-refractivity contribution in [1.29, 1.82) is 0 Å². The average molecular weight is 190 g/mol. The maximum atomic E-state index is 11.9. The first-order valence-corrected chi connectivity index (χ1v) is 4.82. The molecule has 0 aromatic rings. The summed E-state index contributed by atoms with van der Waals surface area (Å²) in [5.74, 6) is 0.814. The molecule has 1 saturated carbocycles. The van der Waals surface area contributed by atoms with Gasteiger partial charge in [0.1, 0.15) is 5.76 Å². The van der Waals surface area contributed by atoms with Gasteiger partial charge in [0.15, 0.2) is 5.78 Å². The van der Waals surface area contributed by atoms with Gasteiger partial charge in [-0.05, 0) is 25.3 Å². The summed E-state index contributed by atoms with van der Waals surface area (Å²) in [6, 6.07) is 0. The quantitative estimate of drug-likeness (QED) is 0.593. The number of hydrogen-bond acceptors (Lipinski definition) is 2. The fourth-order valence-electron chi connectivity index (χ4n) is 2.15. The zero-order valence-corrected chi connectivity index (χ0v) is 8.38. The van der Waals surface area contributed by atoms with E-state index >= 15 is 0 Å². The molecule has 0 heterocycles. The summed E-state index contributed by atoms with van der Waals surface area (Å²) in [6.45, 7) is 3.94. The van der Waals surface area contributed by atoms with Crippen LogP contribution in [0.4, 0.5) is 0 Å². The van der Waals surface area contributed by atoms with E-state index in [1.54, 1.807) is 13.2 Å². The number of methoxy groups -OCH3 is 1. The van der Waals surface area contributed by atoms with Crippen LogP contribution in [0.25, 0.3) is 0 Å². The number of ether oxygens (including phenoxy) is 1. The lowest BCUT2D eigenvalue weighted by molar-refractivity contribution is -0.121. The third-order valence-corrected chi connectivity index (χ3v) is 3.06. The summed E-state index contributed by atoms with van der Waals surface area (Å²) in [4.78, 5) is 11.9. The third kappa shape index (κ3) is 1.31. The Morgan fingerprint density at radius 1 is 1.57 bits per heavy atom. The van der Waals surface area contributed by atoms with E-state index in [1.165, 1.54) is 5.57 Å². The highest BCUT2D eigenvalue weighted by Crippen LogP contribution is 2.44. The molecular formula is C12H14O2. The van der Waals surface area contributed by atoms with Gasteiger partial charge >= 0.3 is 0 Å². The van der Waals surface area contributed by atoms with Crippen molar-refractivity contribution in [2.24, 2.45) is 5.41 Å². The molecule has 1 atom stereocenters. The molecule has 2 aliphatic rings. The molecule has 0 bridgehead atoms. The van der Waals surface area contributed by atoms with Crippen molar-refractivity contribution in [3.8, 4) is 0 Å². The van der Waals surface area contributed by atoms with Crippen LogP contribution in [0.3, 0.4) is 0 Å². The summed E-state index contributed by atoms with van der Waals surface area (Å²) in [5.41, 5.74) is 0.885. The predicted molar refractivity (Wildman–Crippen MR) is 54.7 cm³/mol. The predicted octanol–water partition coefficient (Wildman–Crippen LogP) is 2.38. The van der Waals surface area contributed by atoms with Crippen LogP contribution in [0.1, 0.15) is 19.3 Å². The van der Waals surface area contributed by atoms with Gasteiger partial charge in [-0.2, -0.15) is 0 Å². The smallest absolute Gasteiger partial charge is 0.169 e. The minimum atomic E-state index is -0.293. The molecule has 2 aliphatic carbocycles. The van der Waals surface area contributed by atoms with Gasteiger partial charge in [0.25, 0.3) is 0 Å². The number of hydrogen-bond donors (Lipinski definition) is 0. The van der Waals surface area contributed by atoms with Gasteiger partial charge in [-0.25, -0.2) is 0 Å². The number of rotatable bonds is 1. The fourth-order valence-corrected chi connectivity index (χ4v) is 2.15. The highest BCUT2D eigenvalue weighted by atomic mass is 16.5. The number of carbonyl (C=O) groups excluding carboxylic acids is 1. The van der Waals surface area contributed by atoms with Crippen molar-refractivity contribution in [2.75, 3.05) is 7.11 Å². The largest absolute Gasteiger partial charge is 0.497 e. The first kappa shape index (κ1) is 9.25. The molecule has 0 aromatic heterocycles. The standard InChI is InChI=1S/C12H14O2/c1-9-3-5-12(8-9)6-4-10(14-2)7-11(12)13/h4,6-7H,1,3,5,8H2,2H3/t12-/m0/s1. The number of carbonyl (C=O) groups is 1. The Morgan fingerprint density at radius 2 is 2.36 bits per heavy atom. The monoisotopic (exact) mass is 190 g/mol. The molecule has 14 heavy (non-hydrogen) atoms. The van der Waals surface area contributed by atoms with Crippen molar-refractivity contribution in [3.63, 3.8) is 0 Å². The normalized spacial score (nSPS) is 31.1. The highest BCUT2D eigenvalue weighted by Gasteiger charge is 2.40. The van der Waals surface area contributed by atoms with Gasteiger partial charge in [-0.3, -0.25) is 4.79 Å². The molecule has 1 fully saturated rings. The first-order chi connectivity index (χ1) is 6.66. The van der Waals surface area contributed by atoms with Gasteiger partial charge in [0.05, 0.1) is 12.5 Å². The molecule has 2 rings (SSSR count). The van der Waals surface area contributed by atoms with Crippen molar-refractivity contribution in [2.45, 2.75) is 19.3 Å². The van der Waals surface area contributed by atoms with E-state index in [2.05, 4.69) is 6.58 Å². The van der Waals surface area contributed by atoms with Crippen molar-refractivity contribution in [3.05, 3.63) is 36.1 Å². The zero-order valence-electron chi connectivity index (χ0n) is 8.38. The van der Waals surface area contributed by atoms with E-state index in [0.29, 0.717) is 5.76 Å². The Kier molecular flexibility index (Phi) is 2.06. The molecule has 0 aromatic carbocycles. The van der Waals surface area contributed by atoms with Crippen LogP contribution < -0.4 is 0 Å². The van der Waals surface area contributed by atoms with Crippen LogP contribution in [-0.4, -0.2) is 12.9 Å². The summed E-state index contributed by atoms with van der Waals surface area (Å²) in [6.07, 6.45) is 8.13. The number of allylic oxidation sites excluding steroid dienone is 4. The van der Waals surface area contributed by atoms with E-state index in [1.807, 2.05) is 12.2 Å². The van der Waals surface area contributed by atoms with Crippen molar-refractivity contribution in [1.82, 2.24) is 0 Å². The van der Waals surface area contributed by atoms with Crippen LogP contribution in [0.15, 0.2) is 36.1 Å². The van der Waals surface area contributed by atoms with Crippen LogP contribution in [0.5, 0.6) is 0 Å². The van der Waals surface area contributed by atoms with Crippen LogP contribution in [0, 0.1) is 5.41 Å². The summed E-state index contributed by atoms with van der Waals surface area (Å²) in [7, 11) is 1.58.